The van der Waals surface area contributed by atoms with Crippen molar-refractivity contribution in [3.8, 4) is 28.0 Å². The van der Waals surface area contributed by atoms with Crippen LogP contribution in [-0.4, -0.2) is 63.7 Å². The number of morpholine rings is 1. The van der Waals surface area contributed by atoms with Crippen LogP contribution in [0.25, 0.3) is 27.9 Å². The lowest BCUT2D eigenvalue weighted by molar-refractivity contribution is 0.0320. The zero-order valence-electron chi connectivity index (χ0n) is 22.0. The van der Waals surface area contributed by atoms with E-state index in [0.717, 1.165) is 29.8 Å². The minimum absolute atomic E-state index is 0.0590. The van der Waals surface area contributed by atoms with Gasteiger partial charge in [-0.25, -0.2) is 13.9 Å². The van der Waals surface area contributed by atoms with E-state index in [0.29, 0.717) is 53.2 Å². The van der Waals surface area contributed by atoms with Gasteiger partial charge in [0.15, 0.2) is 17.2 Å². The summed E-state index contributed by atoms with van der Waals surface area (Å²) in [7, 11) is 0. The van der Waals surface area contributed by atoms with Crippen molar-refractivity contribution in [2.24, 2.45) is 0 Å². The van der Waals surface area contributed by atoms with E-state index in [1.807, 2.05) is 24.3 Å². The zero-order valence-corrected chi connectivity index (χ0v) is 23.5. The summed E-state index contributed by atoms with van der Waals surface area (Å²) in [6.07, 6.45) is 1.64. The first-order chi connectivity index (χ1) is 20.0. The van der Waals surface area contributed by atoms with Crippen LogP contribution < -0.4 is 10.4 Å². The predicted molar refractivity (Wildman–Crippen MR) is 156 cm³/mol. The molecule has 0 N–H and O–H groups in total. The van der Waals surface area contributed by atoms with E-state index in [2.05, 4.69) is 15.1 Å². The van der Waals surface area contributed by atoms with Crippen LogP contribution in [0.5, 0.6) is 5.75 Å². The fraction of sp³-hybridized carbons (Fsp3) is 0.233. The predicted octanol–water partition coefficient (Wildman–Crippen LogP) is 5.43. The van der Waals surface area contributed by atoms with E-state index in [9.17, 15) is 9.18 Å². The van der Waals surface area contributed by atoms with Crippen molar-refractivity contribution in [2.45, 2.75) is 6.54 Å². The van der Waals surface area contributed by atoms with Gasteiger partial charge in [-0.1, -0.05) is 53.5 Å². The van der Waals surface area contributed by atoms with E-state index < -0.39 is 11.5 Å². The molecule has 1 aliphatic heterocycles. The summed E-state index contributed by atoms with van der Waals surface area (Å²) in [5, 5.41) is 10.2. The molecule has 0 spiro atoms. The molecule has 2 aromatic heterocycles. The number of hydrogen-bond acceptors (Lipinski definition) is 6. The molecule has 0 saturated carbocycles. The molecule has 3 heterocycles. The molecule has 41 heavy (non-hydrogen) atoms. The Bertz CT molecular complexity index is 1730. The topological polar surface area (TPSA) is 73.9 Å². The molecule has 1 fully saturated rings. The monoisotopic (exact) mass is 593 g/mol. The highest BCUT2D eigenvalue weighted by Gasteiger charge is 2.19. The van der Waals surface area contributed by atoms with Gasteiger partial charge in [0.2, 0.25) is 0 Å². The van der Waals surface area contributed by atoms with Crippen LogP contribution in [0.2, 0.25) is 10.0 Å². The molecular weight excluding hydrogens is 568 g/mol. The minimum Gasteiger partial charge on any atom is -0.489 e. The van der Waals surface area contributed by atoms with Crippen molar-refractivity contribution in [1.82, 2.24) is 24.3 Å². The highest BCUT2D eigenvalue weighted by molar-refractivity contribution is 6.31. The van der Waals surface area contributed by atoms with E-state index in [4.69, 9.17) is 32.7 Å². The number of hydrogen-bond donors (Lipinski definition) is 0. The van der Waals surface area contributed by atoms with Crippen molar-refractivity contribution in [3.05, 3.63) is 105 Å². The van der Waals surface area contributed by atoms with Crippen LogP contribution in [0.1, 0.15) is 5.56 Å². The molecule has 3 aromatic carbocycles. The maximum atomic E-state index is 14.9. The summed E-state index contributed by atoms with van der Waals surface area (Å²) in [5.41, 5.74) is 3.66. The first kappa shape index (κ1) is 27.4. The van der Waals surface area contributed by atoms with Crippen LogP contribution in [0.3, 0.4) is 0 Å². The van der Waals surface area contributed by atoms with Crippen molar-refractivity contribution in [1.29, 1.82) is 0 Å². The van der Waals surface area contributed by atoms with Crippen LogP contribution in [0.15, 0.2) is 77.7 Å². The molecule has 0 bridgehead atoms. The average molecular weight is 594 g/mol. The molecule has 0 radical (unpaired) electrons. The maximum Gasteiger partial charge on any atom is 0.367 e. The average Bonchev–Trinajstić information content (AvgIpc) is 3.30. The van der Waals surface area contributed by atoms with Gasteiger partial charge in [-0.2, -0.15) is 9.61 Å². The van der Waals surface area contributed by atoms with Gasteiger partial charge in [-0.05, 0) is 53.1 Å². The van der Waals surface area contributed by atoms with Crippen LogP contribution in [-0.2, 0) is 11.3 Å². The SMILES string of the molecule is O=c1n(Cc2ccc(OCCN3CCOCC3)c(F)c2)nc2c(-c3ccc(Cl)cc3)c(-c3ccc(Cl)cc3)cnn12. The zero-order chi connectivity index (χ0) is 28.3. The third kappa shape index (κ3) is 5.99. The van der Waals surface area contributed by atoms with Gasteiger partial charge >= 0.3 is 5.69 Å². The second kappa shape index (κ2) is 12.0. The van der Waals surface area contributed by atoms with Crippen molar-refractivity contribution < 1.29 is 13.9 Å². The molecule has 5 aromatic rings. The normalized spacial score (nSPS) is 14.0. The number of aromatic nitrogens is 4. The highest BCUT2D eigenvalue weighted by atomic mass is 35.5. The van der Waals surface area contributed by atoms with Gasteiger partial charge < -0.3 is 9.47 Å². The van der Waals surface area contributed by atoms with Gasteiger partial charge in [-0.3, -0.25) is 4.90 Å². The number of ether oxygens (including phenoxy) is 2. The number of rotatable bonds is 8. The van der Waals surface area contributed by atoms with E-state index in [1.165, 1.54) is 15.3 Å². The number of benzene rings is 3. The molecule has 0 amide bonds. The summed E-state index contributed by atoms with van der Waals surface area (Å²) >= 11 is 12.3. The van der Waals surface area contributed by atoms with Crippen molar-refractivity contribution in [2.75, 3.05) is 39.5 Å². The quantitative estimate of drug-likeness (QED) is 0.239. The second-order valence-electron chi connectivity index (χ2n) is 9.69. The molecule has 6 rings (SSSR count). The highest BCUT2D eigenvalue weighted by Crippen LogP contribution is 2.35. The Hall–Kier alpha value is -3.76. The standard InChI is InChI=1S/C30H26Cl2FN5O3/c31-23-6-2-21(3-7-23)25-18-34-38-29(28(25)22-4-8-24(32)9-5-22)35-37(30(38)39)19-20-1-10-27(26(33)17-20)41-16-13-36-11-14-40-15-12-36/h1-10,17-18H,11-16,19H2. The molecule has 1 saturated heterocycles. The fourth-order valence-electron chi connectivity index (χ4n) is 4.85. The van der Waals surface area contributed by atoms with Gasteiger partial charge in [0.25, 0.3) is 0 Å². The molecule has 11 heteroatoms. The molecule has 0 atom stereocenters. The van der Waals surface area contributed by atoms with Gasteiger partial charge in [0.05, 0.1) is 26.0 Å². The summed E-state index contributed by atoms with van der Waals surface area (Å²) in [6.45, 7) is 4.21. The van der Waals surface area contributed by atoms with Gasteiger partial charge in [0, 0.05) is 40.8 Å². The molecule has 0 unspecified atom stereocenters. The second-order valence-corrected chi connectivity index (χ2v) is 10.6. The van der Waals surface area contributed by atoms with E-state index >= 15 is 0 Å². The van der Waals surface area contributed by atoms with Crippen LogP contribution in [0, 0.1) is 5.82 Å². The Morgan fingerprint density at radius 3 is 2.29 bits per heavy atom. The summed E-state index contributed by atoms with van der Waals surface area (Å²) in [6, 6.07) is 19.3. The lowest BCUT2D eigenvalue weighted by Crippen LogP contribution is -2.38. The molecule has 0 aliphatic carbocycles. The Morgan fingerprint density at radius 2 is 1.61 bits per heavy atom. The van der Waals surface area contributed by atoms with Crippen LogP contribution in [0.4, 0.5) is 4.39 Å². The third-order valence-corrected chi connectivity index (χ3v) is 7.50. The first-order valence-corrected chi connectivity index (χ1v) is 13.9. The molecule has 8 nitrogen and oxygen atoms in total. The largest absolute Gasteiger partial charge is 0.489 e. The van der Waals surface area contributed by atoms with Crippen molar-refractivity contribution >= 4 is 28.8 Å². The Kier molecular flexibility index (Phi) is 8.02. The third-order valence-electron chi connectivity index (χ3n) is 7.00. The molecule has 210 valence electrons. The van der Waals surface area contributed by atoms with Gasteiger partial charge in [0.1, 0.15) is 6.61 Å². The molecule has 1 aliphatic rings. The number of nitrogens with zero attached hydrogens (tertiary/aromatic N) is 5. The Balaban J connectivity index is 1.30. The lowest BCUT2D eigenvalue weighted by atomic mass is 9.97. The first-order valence-electron chi connectivity index (χ1n) is 13.2. The smallest absolute Gasteiger partial charge is 0.367 e. The Morgan fingerprint density at radius 1 is 0.927 bits per heavy atom. The van der Waals surface area contributed by atoms with Crippen molar-refractivity contribution in [3.63, 3.8) is 0 Å². The van der Waals surface area contributed by atoms with Crippen LogP contribution >= 0.6 is 23.2 Å². The van der Waals surface area contributed by atoms with E-state index in [-0.39, 0.29) is 12.3 Å². The fourth-order valence-corrected chi connectivity index (χ4v) is 5.11. The van der Waals surface area contributed by atoms with Gasteiger partial charge in [-0.15, -0.1) is 5.10 Å². The van der Waals surface area contributed by atoms with E-state index in [1.54, 1.807) is 42.6 Å². The number of fused-ring (bicyclic) bond motifs is 1. The minimum atomic E-state index is -0.494. The summed E-state index contributed by atoms with van der Waals surface area (Å²) in [5.74, 6) is -0.324. The summed E-state index contributed by atoms with van der Waals surface area (Å²) < 4.78 is 28.5. The maximum absolute atomic E-state index is 14.9. The summed E-state index contributed by atoms with van der Waals surface area (Å²) in [4.78, 5) is 15.6. The Labute approximate surface area is 245 Å². The lowest BCUT2D eigenvalue weighted by Gasteiger charge is -2.26. The number of halogens is 3. The molecular formula is C30H26Cl2FN5O3.